The van der Waals surface area contributed by atoms with Gasteiger partial charge in [-0.25, -0.2) is 9.00 Å². The minimum atomic E-state index is -1.82. The number of benzene rings is 2. The molecule has 3 aliphatic rings. The van der Waals surface area contributed by atoms with Crippen molar-refractivity contribution < 1.29 is 32.7 Å². The Hall–Kier alpha value is -3.12. The summed E-state index contributed by atoms with van der Waals surface area (Å²) in [5.74, 6) is 0.198. The molecule has 49 heavy (non-hydrogen) atoms. The third kappa shape index (κ3) is 9.17. The molecule has 2 bridgehead atoms. The molecule has 0 saturated carbocycles. The number of hydrogen-bond acceptors (Lipinski definition) is 8. The topological polar surface area (TPSA) is 107 Å². The van der Waals surface area contributed by atoms with Gasteiger partial charge in [0, 0.05) is 43.6 Å². The highest BCUT2D eigenvalue weighted by Gasteiger charge is 2.33. The van der Waals surface area contributed by atoms with Crippen LogP contribution in [0.4, 0.5) is 10.5 Å². The van der Waals surface area contributed by atoms with Crippen molar-refractivity contribution in [3.05, 3.63) is 64.7 Å². The van der Waals surface area contributed by atoms with Crippen molar-refractivity contribution in [1.29, 1.82) is 0 Å². The molecule has 2 aromatic carbocycles. The molecule has 5 rings (SSSR count). The van der Waals surface area contributed by atoms with Crippen LogP contribution >= 0.6 is 11.6 Å². The van der Waals surface area contributed by atoms with E-state index < -0.39 is 34.7 Å². The third-order valence-electron chi connectivity index (χ3n) is 9.77. The number of aryl methyl sites for hydroxylation is 1. The van der Waals surface area contributed by atoms with Gasteiger partial charge in [0.25, 0.3) is 5.91 Å². The number of hydrogen-bond donors (Lipinski definition) is 1. The molecule has 5 unspecified atom stereocenters. The maximum atomic E-state index is 13.5. The molecule has 3 aliphatic heterocycles. The van der Waals surface area contributed by atoms with Crippen LogP contribution in [-0.4, -0.2) is 85.4 Å². The normalized spacial score (nSPS) is 26.6. The van der Waals surface area contributed by atoms with E-state index >= 15 is 0 Å². The summed E-state index contributed by atoms with van der Waals surface area (Å²) < 4.78 is 40.2. The number of carbonyl (C=O) groups is 2. The maximum Gasteiger partial charge on any atom is 0.410 e. The minimum Gasteiger partial charge on any atom is -0.491 e. The van der Waals surface area contributed by atoms with Gasteiger partial charge in [-0.15, -0.1) is 0 Å². The van der Waals surface area contributed by atoms with Crippen LogP contribution in [0.15, 0.2) is 53.4 Å². The zero-order valence-electron chi connectivity index (χ0n) is 29.2. The average Bonchev–Trinajstić information content (AvgIpc) is 3.56. The van der Waals surface area contributed by atoms with Gasteiger partial charge in [0.05, 0.1) is 36.4 Å². The first-order chi connectivity index (χ1) is 23.5. The van der Waals surface area contributed by atoms with Gasteiger partial charge in [0.15, 0.2) is 11.0 Å². The molecule has 0 aliphatic carbocycles. The fraction of sp³-hybridized carbons (Fsp3) is 0.568. The lowest BCUT2D eigenvalue weighted by Crippen LogP contribution is -2.45. The number of nitrogens with zero attached hydrogens (tertiary/aromatic N) is 2. The zero-order valence-corrected chi connectivity index (χ0v) is 30.8. The molecule has 0 spiro atoms. The van der Waals surface area contributed by atoms with Gasteiger partial charge in [-0.3, -0.25) is 9.52 Å². The number of anilines is 1. The van der Waals surface area contributed by atoms with E-state index in [2.05, 4.69) is 35.6 Å². The van der Waals surface area contributed by atoms with E-state index in [0.29, 0.717) is 55.0 Å². The lowest BCUT2D eigenvalue weighted by molar-refractivity contribution is -0.139. The minimum absolute atomic E-state index is 0.0211. The Bertz CT molecular complexity index is 1530. The lowest BCUT2D eigenvalue weighted by Gasteiger charge is -2.32. The highest BCUT2D eigenvalue weighted by molar-refractivity contribution is 7.83. The van der Waals surface area contributed by atoms with E-state index in [1.54, 1.807) is 37.9 Å². The van der Waals surface area contributed by atoms with Crippen molar-refractivity contribution in [2.75, 3.05) is 51.5 Å². The van der Waals surface area contributed by atoms with Crippen molar-refractivity contribution in [2.24, 2.45) is 5.92 Å². The summed E-state index contributed by atoms with van der Waals surface area (Å²) in [7, 11) is -0.0666. The molecule has 2 amide bonds. The van der Waals surface area contributed by atoms with Gasteiger partial charge in [-0.2, -0.15) is 0 Å². The fourth-order valence-electron chi connectivity index (χ4n) is 6.62. The van der Waals surface area contributed by atoms with Crippen LogP contribution in [0.2, 0.25) is 5.02 Å². The monoisotopic (exact) mass is 715 g/mol. The number of carbonyl (C=O) groups excluding carboxylic acids is 2. The maximum absolute atomic E-state index is 13.5. The van der Waals surface area contributed by atoms with E-state index in [1.807, 2.05) is 24.3 Å². The van der Waals surface area contributed by atoms with Crippen LogP contribution in [0, 0.1) is 5.92 Å². The Balaban J connectivity index is 1.50. The van der Waals surface area contributed by atoms with Crippen molar-refractivity contribution in [2.45, 2.75) is 88.4 Å². The molecule has 3 heterocycles. The lowest BCUT2D eigenvalue weighted by atomic mass is 9.91. The Morgan fingerprint density at radius 3 is 2.71 bits per heavy atom. The van der Waals surface area contributed by atoms with E-state index in [9.17, 15) is 13.8 Å². The zero-order chi connectivity index (χ0) is 35.1. The van der Waals surface area contributed by atoms with Crippen molar-refractivity contribution in [1.82, 2.24) is 9.62 Å². The van der Waals surface area contributed by atoms with Gasteiger partial charge in [-0.1, -0.05) is 44.0 Å². The van der Waals surface area contributed by atoms with Crippen LogP contribution in [0.25, 0.3) is 0 Å². The molecule has 12 heteroatoms. The fourth-order valence-corrected chi connectivity index (χ4v) is 7.75. The first kappa shape index (κ1) is 37.1. The average molecular weight is 716 g/mol. The van der Waals surface area contributed by atoms with Crippen molar-refractivity contribution in [3.8, 4) is 5.75 Å². The second-order valence-electron chi connectivity index (χ2n) is 13.6. The third-order valence-corrected chi connectivity index (χ3v) is 11.1. The second-order valence-corrected chi connectivity index (χ2v) is 15.2. The van der Waals surface area contributed by atoms with Crippen LogP contribution in [0.3, 0.4) is 0 Å². The van der Waals surface area contributed by atoms with E-state index in [4.69, 9.17) is 30.5 Å². The molecule has 1 saturated heterocycles. The standard InChI is InChI=1S/C37H50ClN3O7S/c1-6-9-26-20-28(38)11-13-31(26)27-22-41-17-15-25(7-2)33(48-36(43)40(5)29-16-19-45-24-29)10-8-18-47-37(3,4)35(42)39-49(44)30-12-14-34(46-23-27)32(41)21-30/h8,10-14,20-21,25,27,29,33H,6-7,9,15-19,22-24H2,1-5H3,(H,39,42)/b10-8+. The largest absolute Gasteiger partial charge is 0.491 e. The molecule has 2 aromatic rings. The quantitative estimate of drug-likeness (QED) is 0.342. The summed E-state index contributed by atoms with van der Waals surface area (Å²) >= 11 is 6.43. The number of amides is 2. The van der Waals surface area contributed by atoms with Crippen molar-refractivity contribution >= 4 is 40.3 Å². The van der Waals surface area contributed by atoms with Crippen LogP contribution in [0.1, 0.15) is 70.4 Å². The van der Waals surface area contributed by atoms with Crippen LogP contribution in [-0.2, 0) is 36.4 Å². The highest BCUT2D eigenvalue weighted by Crippen LogP contribution is 2.38. The molecule has 0 radical (unpaired) electrons. The molecular formula is C37H50ClN3O7S. The molecular weight excluding hydrogens is 666 g/mol. The number of fused-ring (bicyclic) bond motifs is 1. The predicted molar refractivity (Wildman–Crippen MR) is 192 cm³/mol. The Labute approximate surface area is 298 Å². The smallest absolute Gasteiger partial charge is 0.410 e. The van der Waals surface area contributed by atoms with Gasteiger partial charge < -0.3 is 28.7 Å². The molecule has 10 nitrogen and oxygen atoms in total. The van der Waals surface area contributed by atoms with Crippen LogP contribution < -0.4 is 14.4 Å². The second kappa shape index (κ2) is 16.7. The van der Waals surface area contributed by atoms with Gasteiger partial charge in [0.1, 0.15) is 17.5 Å². The molecule has 1 N–H and O–H groups in total. The Morgan fingerprint density at radius 1 is 1.16 bits per heavy atom. The number of rotatable bonds is 6. The van der Waals surface area contributed by atoms with E-state index in [-0.39, 0.29) is 24.5 Å². The Kier molecular flexibility index (Phi) is 12.7. The predicted octanol–water partition coefficient (Wildman–Crippen LogP) is 6.42. The molecule has 268 valence electrons. The summed E-state index contributed by atoms with van der Waals surface area (Å²) in [4.78, 5) is 31.0. The van der Waals surface area contributed by atoms with Gasteiger partial charge >= 0.3 is 6.09 Å². The van der Waals surface area contributed by atoms with Gasteiger partial charge in [-0.05, 0) is 87.1 Å². The first-order valence-electron chi connectivity index (χ1n) is 17.4. The SMILES string of the molecule is CCCc1cc(Cl)ccc1C1COc2ccc3cc2N(CCC(CC)C(OC(=O)N(C)C2CCOC2)/C=C/COC(C)(C)C(=O)NS3=O)C1. The summed E-state index contributed by atoms with van der Waals surface area (Å²) in [6.45, 7) is 10.5. The van der Waals surface area contributed by atoms with E-state index in [0.717, 1.165) is 31.4 Å². The summed E-state index contributed by atoms with van der Waals surface area (Å²) in [6.07, 6.45) is 6.87. The summed E-state index contributed by atoms with van der Waals surface area (Å²) in [5, 5.41) is 0.711. The van der Waals surface area contributed by atoms with Crippen LogP contribution in [0.5, 0.6) is 5.75 Å². The molecule has 0 aromatic heterocycles. The molecule has 5 atom stereocenters. The number of halogens is 1. The first-order valence-corrected chi connectivity index (χ1v) is 18.9. The number of nitrogens with one attached hydrogen (secondary N) is 1. The van der Waals surface area contributed by atoms with E-state index in [1.165, 1.54) is 11.1 Å². The number of ether oxygens (including phenoxy) is 4. The summed E-state index contributed by atoms with van der Waals surface area (Å²) in [6, 6.07) is 11.5. The van der Waals surface area contributed by atoms with Gasteiger partial charge in [0.2, 0.25) is 0 Å². The number of likely N-dealkylation sites (N-methyl/N-ethyl adjacent to an activating group) is 1. The molecule has 1 fully saturated rings. The Morgan fingerprint density at radius 2 is 1.98 bits per heavy atom. The highest BCUT2D eigenvalue weighted by atomic mass is 35.5. The van der Waals surface area contributed by atoms with Crippen molar-refractivity contribution in [3.63, 3.8) is 0 Å². The summed E-state index contributed by atoms with van der Waals surface area (Å²) in [5.41, 5.74) is 1.94.